The van der Waals surface area contributed by atoms with E-state index >= 15 is 0 Å². The van der Waals surface area contributed by atoms with E-state index in [4.69, 9.17) is 0 Å². The van der Waals surface area contributed by atoms with E-state index in [1.807, 2.05) is 0 Å². The maximum Gasteiger partial charge on any atom is 0.237 e. The van der Waals surface area contributed by atoms with Gasteiger partial charge in [0.2, 0.25) is 5.91 Å². The summed E-state index contributed by atoms with van der Waals surface area (Å²) < 4.78 is 0. The maximum atomic E-state index is 12.8. The Morgan fingerprint density at radius 3 is 2.67 bits per heavy atom. The molecule has 0 aromatic carbocycles. The summed E-state index contributed by atoms with van der Waals surface area (Å²) in [5.74, 6) is 0.330. The molecule has 0 saturated carbocycles. The van der Waals surface area contributed by atoms with Gasteiger partial charge in [0.25, 0.3) is 0 Å². The molecule has 0 aliphatic carbocycles. The van der Waals surface area contributed by atoms with Gasteiger partial charge in [0.15, 0.2) is 0 Å². The first kappa shape index (κ1) is 15.0. The number of carbonyl (C=O) groups excluding carboxylic acids is 1. The summed E-state index contributed by atoms with van der Waals surface area (Å²) in [4.78, 5) is 17.3. The number of thiophene rings is 1. The van der Waals surface area contributed by atoms with Gasteiger partial charge in [-0.3, -0.25) is 9.69 Å². The molecular weight excluding hydrogens is 280 g/mol. The van der Waals surface area contributed by atoms with E-state index in [2.05, 4.69) is 40.5 Å². The van der Waals surface area contributed by atoms with Crippen LogP contribution in [0.1, 0.15) is 57.6 Å². The van der Waals surface area contributed by atoms with Gasteiger partial charge in [-0.05, 0) is 74.9 Å². The van der Waals surface area contributed by atoms with Gasteiger partial charge in [0.05, 0.1) is 6.54 Å². The molecule has 2 aliphatic heterocycles. The Morgan fingerprint density at radius 1 is 1.24 bits per heavy atom. The van der Waals surface area contributed by atoms with Crippen molar-refractivity contribution in [2.45, 2.75) is 64.1 Å². The highest BCUT2D eigenvalue weighted by Gasteiger charge is 2.33. The molecule has 3 atom stereocenters. The van der Waals surface area contributed by atoms with E-state index in [1.54, 1.807) is 11.3 Å². The summed E-state index contributed by atoms with van der Waals surface area (Å²) in [6.45, 7) is 6.06. The number of likely N-dealkylation sites (tertiary alicyclic amines) is 2. The van der Waals surface area contributed by atoms with Crippen molar-refractivity contribution >= 4 is 17.2 Å². The minimum absolute atomic E-state index is 0.330. The number of hydrogen-bond donors (Lipinski definition) is 0. The van der Waals surface area contributed by atoms with Crippen LogP contribution in [0.25, 0.3) is 0 Å². The molecule has 0 unspecified atom stereocenters. The lowest BCUT2D eigenvalue weighted by molar-refractivity contribution is -0.138. The zero-order valence-corrected chi connectivity index (χ0v) is 13.9. The van der Waals surface area contributed by atoms with Crippen LogP contribution >= 0.6 is 11.3 Å². The SMILES string of the molecule is C[C@@H]1CCC[C@H](C)N1C(=O)CN1CCC[C@H]1c1ccsc1. The van der Waals surface area contributed by atoms with Crippen LogP contribution in [0.15, 0.2) is 16.8 Å². The van der Waals surface area contributed by atoms with Crippen molar-refractivity contribution in [3.63, 3.8) is 0 Å². The van der Waals surface area contributed by atoms with Crippen LogP contribution in [0, 0.1) is 0 Å². The standard InChI is InChI=1S/C17H26N2OS/c1-13-5-3-6-14(2)19(13)17(20)11-18-9-4-7-16(18)15-8-10-21-12-15/h8,10,12-14,16H,3-7,9,11H2,1-2H3/t13-,14+,16-/m0/s1. The predicted octanol–water partition coefficient (Wildman–Crippen LogP) is 3.67. The molecule has 1 amide bonds. The topological polar surface area (TPSA) is 23.6 Å². The number of piperidine rings is 1. The molecule has 21 heavy (non-hydrogen) atoms. The largest absolute Gasteiger partial charge is 0.336 e. The molecule has 3 rings (SSSR count). The van der Waals surface area contributed by atoms with Crippen molar-refractivity contribution in [2.75, 3.05) is 13.1 Å². The van der Waals surface area contributed by atoms with Crippen LogP contribution in [0.5, 0.6) is 0 Å². The molecule has 0 bridgehead atoms. The van der Waals surface area contributed by atoms with Crippen LogP contribution in [0.4, 0.5) is 0 Å². The van der Waals surface area contributed by atoms with Gasteiger partial charge in [-0.1, -0.05) is 0 Å². The first-order chi connectivity index (χ1) is 10.2. The normalized spacial score (nSPS) is 30.8. The van der Waals surface area contributed by atoms with Gasteiger partial charge >= 0.3 is 0 Å². The van der Waals surface area contributed by atoms with Gasteiger partial charge in [0, 0.05) is 18.1 Å². The van der Waals surface area contributed by atoms with E-state index in [1.165, 1.54) is 24.8 Å². The fraction of sp³-hybridized carbons (Fsp3) is 0.706. The number of hydrogen-bond acceptors (Lipinski definition) is 3. The van der Waals surface area contributed by atoms with Crippen molar-refractivity contribution in [1.29, 1.82) is 0 Å². The van der Waals surface area contributed by atoms with E-state index in [9.17, 15) is 4.79 Å². The lowest BCUT2D eigenvalue weighted by atomic mass is 9.97. The molecule has 0 N–H and O–H groups in total. The Hall–Kier alpha value is -0.870. The Balaban J connectivity index is 1.66. The molecule has 3 heterocycles. The summed E-state index contributed by atoms with van der Waals surface area (Å²) in [6.07, 6.45) is 5.97. The molecule has 1 aromatic rings. The second kappa shape index (κ2) is 6.49. The molecule has 116 valence electrons. The van der Waals surface area contributed by atoms with Crippen LogP contribution < -0.4 is 0 Å². The van der Waals surface area contributed by atoms with Gasteiger partial charge in [-0.2, -0.15) is 11.3 Å². The fourth-order valence-electron chi connectivity index (χ4n) is 4.03. The smallest absolute Gasteiger partial charge is 0.237 e. The molecule has 2 aliphatic rings. The number of nitrogens with zero attached hydrogens (tertiary/aromatic N) is 2. The molecule has 0 spiro atoms. The highest BCUT2D eigenvalue weighted by Crippen LogP contribution is 2.33. The average molecular weight is 306 g/mol. The summed E-state index contributed by atoms with van der Waals surface area (Å²) in [7, 11) is 0. The monoisotopic (exact) mass is 306 g/mol. The van der Waals surface area contributed by atoms with Gasteiger partial charge in [-0.25, -0.2) is 0 Å². The summed E-state index contributed by atoms with van der Waals surface area (Å²) >= 11 is 1.75. The quantitative estimate of drug-likeness (QED) is 0.850. The van der Waals surface area contributed by atoms with Crippen molar-refractivity contribution in [2.24, 2.45) is 0 Å². The molecule has 4 heteroatoms. The number of rotatable bonds is 3. The Morgan fingerprint density at radius 2 is 2.00 bits per heavy atom. The molecule has 3 nitrogen and oxygen atoms in total. The van der Waals surface area contributed by atoms with Gasteiger partial charge in [-0.15, -0.1) is 0 Å². The third-order valence-electron chi connectivity index (χ3n) is 5.11. The second-order valence-electron chi connectivity index (χ2n) is 6.62. The van der Waals surface area contributed by atoms with Crippen LogP contribution in [0.2, 0.25) is 0 Å². The third kappa shape index (κ3) is 3.16. The Labute approximate surface area is 131 Å². The lowest BCUT2D eigenvalue weighted by Crippen LogP contribution is -2.51. The van der Waals surface area contributed by atoms with Crippen molar-refractivity contribution < 1.29 is 4.79 Å². The zero-order valence-electron chi connectivity index (χ0n) is 13.1. The van der Waals surface area contributed by atoms with Crippen molar-refractivity contribution in [3.8, 4) is 0 Å². The summed E-state index contributed by atoms with van der Waals surface area (Å²) in [5, 5.41) is 4.38. The van der Waals surface area contributed by atoms with E-state index in [0.717, 1.165) is 19.4 Å². The van der Waals surface area contributed by atoms with E-state index in [-0.39, 0.29) is 0 Å². The average Bonchev–Trinajstić information content (AvgIpc) is 3.08. The predicted molar refractivity (Wildman–Crippen MR) is 87.5 cm³/mol. The van der Waals surface area contributed by atoms with Gasteiger partial charge in [0.1, 0.15) is 0 Å². The van der Waals surface area contributed by atoms with E-state index in [0.29, 0.717) is 30.6 Å². The van der Waals surface area contributed by atoms with Crippen LogP contribution in [-0.4, -0.2) is 40.9 Å². The third-order valence-corrected chi connectivity index (χ3v) is 5.81. The zero-order chi connectivity index (χ0) is 14.8. The van der Waals surface area contributed by atoms with E-state index < -0.39 is 0 Å². The second-order valence-corrected chi connectivity index (χ2v) is 7.40. The molecule has 2 fully saturated rings. The molecule has 1 aromatic heterocycles. The number of carbonyl (C=O) groups is 1. The summed E-state index contributed by atoms with van der Waals surface area (Å²) in [6, 6.07) is 3.48. The van der Waals surface area contributed by atoms with Crippen LogP contribution in [-0.2, 0) is 4.79 Å². The number of amides is 1. The lowest BCUT2D eigenvalue weighted by Gasteiger charge is -2.40. The Kier molecular flexibility index (Phi) is 4.65. The molecule has 0 radical (unpaired) electrons. The maximum absolute atomic E-state index is 12.8. The van der Waals surface area contributed by atoms with Crippen molar-refractivity contribution in [3.05, 3.63) is 22.4 Å². The van der Waals surface area contributed by atoms with Crippen molar-refractivity contribution in [1.82, 2.24) is 9.80 Å². The molecular formula is C17H26N2OS. The fourth-order valence-corrected chi connectivity index (χ4v) is 4.73. The molecule has 2 saturated heterocycles. The highest BCUT2D eigenvalue weighted by atomic mass is 32.1. The highest BCUT2D eigenvalue weighted by molar-refractivity contribution is 7.07. The Bertz CT molecular complexity index is 463. The van der Waals surface area contributed by atoms with Crippen LogP contribution in [0.3, 0.4) is 0 Å². The van der Waals surface area contributed by atoms with Gasteiger partial charge < -0.3 is 4.90 Å². The minimum Gasteiger partial charge on any atom is -0.336 e. The first-order valence-electron chi connectivity index (χ1n) is 8.24. The summed E-state index contributed by atoms with van der Waals surface area (Å²) in [5.41, 5.74) is 1.39. The minimum atomic E-state index is 0.330. The first-order valence-corrected chi connectivity index (χ1v) is 9.18.